The molecule has 0 aromatic rings. The van der Waals surface area contributed by atoms with E-state index in [1.54, 1.807) is 6.21 Å². The van der Waals surface area contributed by atoms with Crippen LogP contribution in [0, 0.1) is 46.3 Å². The molecule has 0 aliphatic heterocycles. The smallest absolute Gasteiger partial charge is 0.257 e. The second-order valence-corrected chi connectivity index (χ2v) is 11.0. The highest BCUT2D eigenvalue weighted by atomic mass is 14.8. The average molecular weight is 357 g/mol. The van der Waals surface area contributed by atoms with Crippen LogP contribution in [0.4, 0.5) is 0 Å². The summed E-state index contributed by atoms with van der Waals surface area (Å²) >= 11 is 0. The Morgan fingerprint density at radius 2 is 1.77 bits per heavy atom. The summed E-state index contributed by atoms with van der Waals surface area (Å²) in [5.41, 5.74) is 9.95. The molecule has 0 bridgehead atoms. The van der Waals surface area contributed by atoms with Crippen LogP contribution in [-0.4, -0.2) is 11.0 Å². The van der Waals surface area contributed by atoms with Crippen molar-refractivity contribution in [2.24, 2.45) is 46.3 Å². The molecule has 0 saturated heterocycles. The van der Waals surface area contributed by atoms with E-state index in [2.05, 4.69) is 25.6 Å². The van der Waals surface area contributed by atoms with E-state index in [1.807, 2.05) is 0 Å². The second-order valence-electron chi connectivity index (χ2n) is 11.0. The Bertz CT molecular complexity index is 565. The van der Waals surface area contributed by atoms with Gasteiger partial charge >= 0.3 is 0 Å². The monoisotopic (exact) mass is 356 g/mol. The van der Waals surface area contributed by atoms with Crippen LogP contribution in [0.25, 0.3) is 5.53 Å². The lowest BCUT2D eigenvalue weighted by molar-refractivity contribution is -0.114. The van der Waals surface area contributed by atoms with Gasteiger partial charge in [-0.3, -0.25) is 0 Å². The fraction of sp³-hybridized carbons (Fsp3) is 0.958. The van der Waals surface area contributed by atoms with Gasteiger partial charge in [0.05, 0.1) is 0 Å². The van der Waals surface area contributed by atoms with Gasteiger partial charge in [-0.05, 0) is 104 Å². The van der Waals surface area contributed by atoms with Gasteiger partial charge in [-0.1, -0.05) is 33.6 Å². The maximum atomic E-state index is 8.70. The highest BCUT2D eigenvalue weighted by molar-refractivity contribution is 5.49. The summed E-state index contributed by atoms with van der Waals surface area (Å²) in [6, 6.07) is 0. The lowest BCUT2D eigenvalue weighted by atomic mass is 9.44. The van der Waals surface area contributed by atoms with Crippen molar-refractivity contribution < 1.29 is 4.79 Å². The van der Waals surface area contributed by atoms with Crippen molar-refractivity contribution in [2.75, 3.05) is 0 Å². The SMILES string of the molecule is C[C@H](CCC=[N+]=[N-])[C@H]1CC[C@H]2[C@@H]3CCC4CCCC[C@]4(C)[C@H]3CC[C@]12C. The largest absolute Gasteiger partial charge is 0.362 e. The van der Waals surface area contributed by atoms with Crippen molar-refractivity contribution in [2.45, 2.75) is 97.8 Å². The van der Waals surface area contributed by atoms with Gasteiger partial charge in [-0.25, -0.2) is 0 Å². The minimum atomic E-state index is 0.578. The Kier molecular flexibility index (Phi) is 5.10. The van der Waals surface area contributed by atoms with Crippen LogP contribution in [0.5, 0.6) is 0 Å². The van der Waals surface area contributed by atoms with Crippen LogP contribution in [0.3, 0.4) is 0 Å². The molecule has 0 spiro atoms. The molecule has 0 amide bonds. The predicted molar refractivity (Wildman–Crippen MR) is 108 cm³/mol. The molecule has 4 fully saturated rings. The maximum Gasteiger partial charge on any atom is 0.257 e. The fourth-order valence-electron chi connectivity index (χ4n) is 8.87. The Morgan fingerprint density at radius 3 is 2.58 bits per heavy atom. The van der Waals surface area contributed by atoms with E-state index in [-0.39, 0.29) is 0 Å². The standard InChI is InChI=1S/C24H40N2/c1-17(7-6-16-26-25)20-11-12-21-19-10-9-18-8-4-5-14-23(18,2)22(19)13-15-24(20,21)3/h16-22H,4-15H2,1-3H3/t17-,18?,19+,20-,21+,22+,23+,24-/m1/s1. The first-order valence-electron chi connectivity index (χ1n) is 11.7. The van der Waals surface area contributed by atoms with Gasteiger partial charge in [-0.15, -0.1) is 0 Å². The summed E-state index contributed by atoms with van der Waals surface area (Å²) in [5, 5.41) is 0. The van der Waals surface area contributed by atoms with Gasteiger partial charge < -0.3 is 5.53 Å². The molecule has 4 aliphatic rings. The summed E-state index contributed by atoms with van der Waals surface area (Å²) < 4.78 is 0. The Balaban J connectivity index is 1.51. The summed E-state index contributed by atoms with van der Waals surface area (Å²) in [5.74, 6) is 5.72. The van der Waals surface area contributed by atoms with Gasteiger partial charge in [-0.2, -0.15) is 4.79 Å². The van der Waals surface area contributed by atoms with Crippen LogP contribution in [0.1, 0.15) is 97.8 Å². The normalized spacial score (nSPS) is 48.7. The molecule has 8 atom stereocenters. The van der Waals surface area contributed by atoms with Gasteiger partial charge in [0.25, 0.3) is 6.21 Å². The minimum Gasteiger partial charge on any atom is -0.362 e. The first-order chi connectivity index (χ1) is 12.5. The summed E-state index contributed by atoms with van der Waals surface area (Å²) in [6.45, 7) is 7.83. The molecule has 0 heterocycles. The number of hydrogen-bond donors (Lipinski definition) is 0. The van der Waals surface area contributed by atoms with E-state index in [0.717, 1.165) is 41.9 Å². The maximum absolute atomic E-state index is 8.70. The van der Waals surface area contributed by atoms with Crippen molar-refractivity contribution in [3.8, 4) is 0 Å². The van der Waals surface area contributed by atoms with E-state index < -0.39 is 0 Å². The zero-order valence-electron chi connectivity index (χ0n) is 17.4. The van der Waals surface area contributed by atoms with Crippen molar-refractivity contribution >= 4 is 6.21 Å². The lowest BCUT2D eigenvalue weighted by Gasteiger charge is -2.61. The van der Waals surface area contributed by atoms with Crippen molar-refractivity contribution in [3.05, 3.63) is 5.53 Å². The molecule has 2 nitrogen and oxygen atoms in total. The van der Waals surface area contributed by atoms with E-state index in [4.69, 9.17) is 5.53 Å². The number of fused-ring (bicyclic) bond motifs is 5. The summed E-state index contributed by atoms with van der Waals surface area (Å²) in [4.78, 5) is 3.21. The van der Waals surface area contributed by atoms with Gasteiger partial charge in [0.15, 0.2) is 0 Å². The minimum absolute atomic E-state index is 0.578. The molecule has 0 radical (unpaired) electrons. The second kappa shape index (κ2) is 7.08. The third-order valence-corrected chi connectivity index (χ3v) is 10.2. The van der Waals surface area contributed by atoms with E-state index in [9.17, 15) is 0 Å². The number of hydrogen-bond acceptors (Lipinski definition) is 0. The topological polar surface area (TPSA) is 36.4 Å². The first-order valence-corrected chi connectivity index (χ1v) is 11.7. The predicted octanol–water partition coefficient (Wildman–Crippen LogP) is 6.75. The Hall–Kier alpha value is -0.620. The van der Waals surface area contributed by atoms with Gasteiger partial charge in [0.1, 0.15) is 0 Å². The summed E-state index contributed by atoms with van der Waals surface area (Å²) in [6.07, 6.45) is 18.8. The average Bonchev–Trinajstić information content (AvgIpc) is 2.98. The van der Waals surface area contributed by atoms with E-state index >= 15 is 0 Å². The zero-order valence-corrected chi connectivity index (χ0v) is 17.4. The molecule has 2 heteroatoms. The highest BCUT2D eigenvalue weighted by Gasteiger charge is 2.59. The van der Waals surface area contributed by atoms with Crippen LogP contribution in [-0.2, 0) is 0 Å². The quantitative estimate of drug-likeness (QED) is 0.303. The third kappa shape index (κ3) is 2.83. The molecular weight excluding hydrogens is 316 g/mol. The van der Waals surface area contributed by atoms with Crippen LogP contribution >= 0.6 is 0 Å². The molecule has 4 saturated carbocycles. The fourth-order valence-corrected chi connectivity index (χ4v) is 8.87. The van der Waals surface area contributed by atoms with Gasteiger partial charge in [0, 0.05) is 6.42 Å². The van der Waals surface area contributed by atoms with Crippen molar-refractivity contribution in [3.63, 3.8) is 0 Å². The molecule has 0 aromatic heterocycles. The molecule has 1 unspecified atom stereocenters. The van der Waals surface area contributed by atoms with E-state index in [0.29, 0.717) is 10.8 Å². The Morgan fingerprint density at radius 1 is 0.962 bits per heavy atom. The summed E-state index contributed by atoms with van der Waals surface area (Å²) in [7, 11) is 0. The van der Waals surface area contributed by atoms with Crippen LogP contribution < -0.4 is 0 Å². The molecule has 4 rings (SSSR count). The first kappa shape index (κ1) is 18.7. The number of rotatable bonds is 4. The molecule has 0 aromatic carbocycles. The molecular formula is C24H40N2. The molecule has 0 N–H and O–H groups in total. The van der Waals surface area contributed by atoms with Crippen molar-refractivity contribution in [1.82, 2.24) is 0 Å². The van der Waals surface area contributed by atoms with E-state index in [1.165, 1.54) is 70.6 Å². The lowest BCUT2D eigenvalue weighted by Crippen LogP contribution is -2.53. The molecule has 4 aliphatic carbocycles. The van der Waals surface area contributed by atoms with Crippen molar-refractivity contribution in [1.29, 1.82) is 0 Å². The highest BCUT2D eigenvalue weighted by Crippen LogP contribution is 2.68. The van der Waals surface area contributed by atoms with Crippen LogP contribution in [0.15, 0.2) is 0 Å². The van der Waals surface area contributed by atoms with Crippen LogP contribution in [0.2, 0.25) is 0 Å². The zero-order chi connectivity index (χ0) is 18.4. The van der Waals surface area contributed by atoms with Gasteiger partial charge in [0.2, 0.25) is 0 Å². The Labute approximate surface area is 161 Å². The third-order valence-electron chi connectivity index (χ3n) is 10.2. The molecule has 26 heavy (non-hydrogen) atoms. The molecule has 146 valence electrons. The number of nitrogens with zero attached hydrogens (tertiary/aromatic N) is 2.